The van der Waals surface area contributed by atoms with Gasteiger partial charge in [-0.1, -0.05) is 12.1 Å². The van der Waals surface area contributed by atoms with Crippen molar-refractivity contribution in [3.8, 4) is 0 Å². The summed E-state index contributed by atoms with van der Waals surface area (Å²) in [5.41, 5.74) is 0.953. The normalized spacial score (nSPS) is 18.6. The Labute approximate surface area is 110 Å². The molecular formula is C13H15NO3S. The minimum absolute atomic E-state index is 0.0370. The van der Waals surface area contributed by atoms with Gasteiger partial charge in [0.1, 0.15) is 0 Å². The van der Waals surface area contributed by atoms with Crippen LogP contribution in [0.15, 0.2) is 24.3 Å². The Balaban J connectivity index is 1.93. The van der Waals surface area contributed by atoms with Gasteiger partial charge in [-0.25, -0.2) is 4.79 Å². The summed E-state index contributed by atoms with van der Waals surface area (Å²) >= 11 is 1.84. The van der Waals surface area contributed by atoms with Crippen molar-refractivity contribution in [1.29, 1.82) is 0 Å². The number of rotatable bonds is 4. The Morgan fingerprint density at radius 3 is 2.94 bits per heavy atom. The largest absolute Gasteiger partial charge is 0.478 e. The fraction of sp³-hybridized carbons (Fsp3) is 0.385. The fourth-order valence-electron chi connectivity index (χ4n) is 1.93. The number of hydrogen-bond donors (Lipinski definition) is 2. The predicted octanol–water partition coefficient (Wildman–Crippen LogP) is 1.55. The van der Waals surface area contributed by atoms with Crippen LogP contribution >= 0.6 is 11.8 Å². The molecule has 1 aliphatic heterocycles. The molecule has 1 saturated heterocycles. The highest BCUT2D eigenvalue weighted by atomic mass is 32.2. The van der Waals surface area contributed by atoms with Gasteiger partial charge in [0, 0.05) is 11.8 Å². The van der Waals surface area contributed by atoms with Gasteiger partial charge in [-0.05, 0) is 29.9 Å². The van der Waals surface area contributed by atoms with E-state index in [2.05, 4.69) is 5.32 Å². The maximum atomic E-state index is 11.8. The Hall–Kier alpha value is -1.49. The van der Waals surface area contributed by atoms with Crippen molar-refractivity contribution in [2.24, 2.45) is 0 Å². The fourth-order valence-corrected chi connectivity index (χ4v) is 3.08. The van der Waals surface area contributed by atoms with Crippen LogP contribution in [-0.2, 0) is 11.2 Å². The summed E-state index contributed by atoms with van der Waals surface area (Å²) in [5.74, 6) is 1.06. The number of nitrogens with one attached hydrogen (secondary N) is 1. The molecule has 0 radical (unpaired) electrons. The third-order valence-electron chi connectivity index (χ3n) is 2.83. The molecule has 2 rings (SSSR count). The third kappa shape index (κ3) is 3.50. The minimum Gasteiger partial charge on any atom is -0.478 e. The van der Waals surface area contributed by atoms with E-state index in [-0.39, 0.29) is 23.9 Å². The first kappa shape index (κ1) is 13.0. The Morgan fingerprint density at radius 1 is 1.44 bits per heavy atom. The minimum atomic E-state index is -0.968. The lowest BCUT2D eigenvalue weighted by Crippen LogP contribution is -2.35. The molecule has 1 heterocycles. The molecule has 4 nitrogen and oxygen atoms in total. The van der Waals surface area contributed by atoms with E-state index in [9.17, 15) is 9.59 Å². The molecule has 2 N–H and O–H groups in total. The summed E-state index contributed by atoms with van der Waals surface area (Å²) in [4.78, 5) is 22.6. The molecule has 1 unspecified atom stereocenters. The van der Waals surface area contributed by atoms with E-state index in [1.807, 2.05) is 11.8 Å². The van der Waals surface area contributed by atoms with Crippen LogP contribution in [0.3, 0.4) is 0 Å². The average molecular weight is 265 g/mol. The number of aromatic carboxylic acids is 1. The van der Waals surface area contributed by atoms with Crippen LogP contribution in [0.1, 0.15) is 22.3 Å². The van der Waals surface area contributed by atoms with Gasteiger partial charge in [-0.2, -0.15) is 11.8 Å². The molecule has 1 amide bonds. The summed E-state index contributed by atoms with van der Waals surface area (Å²) < 4.78 is 0. The maximum Gasteiger partial charge on any atom is 0.335 e. The zero-order chi connectivity index (χ0) is 13.0. The number of amides is 1. The molecule has 1 atom stereocenters. The van der Waals surface area contributed by atoms with Crippen molar-refractivity contribution in [2.75, 3.05) is 11.5 Å². The van der Waals surface area contributed by atoms with Crippen LogP contribution in [-0.4, -0.2) is 34.5 Å². The number of carbonyl (C=O) groups is 2. The van der Waals surface area contributed by atoms with E-state index in [1.54, 1.807) is 18.2 Å². The van der Waals surface area contributed by atoms with E-state index >= 15 is 0 Å². The average Bonchev–Trinajstić information content (AvgIpc) is 2.82. The van der Waals surface area contributed by atoms with E-state index in [0.717, 1.165) is 23.5 Å². The number of thioether (sulfide) groups is 1. The molecule has 1 aromatic rings. The lowest BCUT2D eigenvalue weighted by Gasteiger charge is -2.11. The summed E-state index contributed by atoms with van der Waals surface area (Å²) in [6, 6.07) is 6.78. The van der Waals surface area contributed by atoms with Crippen LogP contribution in [0.2, 0.25) is 0 Å². The molecular weight excluding hydrogens is 250 g/mol. The Morgan fingerprint density at radius 2 is 2.28 bits per heavy atom. The smallest absolute Gasteiger partial charge is 0.335 e. The van der Waals surface area contributed by atoms with E-state index < -0.39 is 5.97 Å². The van der Waals surface area contributed by atoms with Gasteiger partial charge < -0.3 is 10.4 Å². The van der Waals surface area contributed by atoms with Gasteiger partial charge in [-0.15, -0.1) is 0 Å². The first-order valence-corrected chi connectivity index (χ1v) is 7.00. The zero-order valence-electron chi connectivity index (χ0n) is 9.89. The number of carboxylic acid groups (broad SMARTS) is 1. The molecule has 0 aromatic heterocycles. The highest BCUT2D eigenvalue weighted by Gasteiger charge is 2.17. The lowest BCUT2D eigenvalue weighted by atomic mass is 10.1. The summed E-state index contributed by atoms with van der Waals surface area (Å²) in [6.45, 7) is 0. The Bertz CT molecular complexity index is 455. The monoisotopic (exact) mass is 265 g/mol. The topological polar surface area (TPSA) is 66.4 Å². The van der Waals surface area contributed by atoms with Crippen molar-refractivity contribution < 1.29 is 14.7 Å². The van der Waals surface area contributed by atoms with E-state index in [1.165, 1.54) is 6.07 Å². The zero-order valence-corrected chi connectivity index (χ0v) is 10.7. The second-order valence-electron chi connectivity index (χ2n) is 4.31. The van der Waals surface area contributed by atoms with Gasteiger partial charge in [0.25, 0.3) is 0 Å². The number of carboxylic acids is 1. The van der Waals surface area contributed by atoms with Crippen molar-refractivity contribution in [1.82, 2.24) is 5.32 Å². The van der Waals surface area contributed by atoms with Crippen LogP contribution in [0, 0.1) is 0 Å². The van der Waals surface area contributed by atoms with Gasteiger partial charge in [-0.3, -0.25) is 4.79 Å². The molecule has 5 heteroatoms. The number of carbonyl (C=O) groups excluding carboxylic acids is 1. The second kappa shape index (κ2) is 5.91. The van der Waals surface area contributed by atoms with Crippen molar-refractivity contribution >= 4 is 23.6 Å². The van der Waals surface area contributed by atoms with E-state index in [4.69, 9.17) is 5.11 Å². The molecule has 0 saturated carbocycles. The van der Waals surface area contributed by atoms with Crippen LogP contribution < -0.4 is 5.32 Å². The lowest BCUT2D eigenvalue weighted by molar-refractivity contribution is -0.121. The third-order valence-corrected chi connectivity index (χ3v) is 4.00. The number of hydrogen-bond acceptors (Lipinski definition) is 3. The molecule has 1 aliphatic rings. The molecule has 0 bridgehead atoms. The van der Waals surface area contributed by atoms with Crippen molar-refractivity contribution in [3.05, 3.63) is 35.4 Å². The molecule has 0 aliphatic carbocycles. The van der Waals surface area contributed by atoms with Crippen molar-refractivity contribution in [2.45, 2.75) is 18.9 Å². The number of benzene rings is 1. The molecule has 96 valence electrons. The molecule has 1 fully saturated rings. The highest BCUT2D eigenvalue weighted by Crippen LogP contribution is 2.17. The van der Waals surface area contributed by atoms with Crippen LogP contribution in [0.4, 0.5) is 0 Å². The second-order valence-corrected chi connectivity index (χ2v) is 5.46. The maximum absolute atomic E-state index is 11.8. The predicted molar refractivity (Wildman–Crippen MR) is 71.0 cm³/mol. The highest BCUT2D eigenvalue weighted by molar-refractivity contribution is 7.99. The van der Waals surface area contributed by atoms with Gasteiger partial charge in [0.15, 0.2) is 0 Å². The van der Waals surface area contributed by atoms with Crippen LogP contribution in [0.5, 0.6) is 0 Å². The first-order valence-electron chi connectivity index (χ1n) is 5.84. The first-order chi connectivity index (χ1) is 8.65. The van der Waals surface area contributed by atoms with Gasteiger partial charge in [0.2, 0.25) is 5.91 Å². The standard InChI is InChI=1S/C13H15NO3S/c15-12(14-11-4-5-18-8-11)7-9-2-1-3-10(6-9)13(16)17/h1-3,6,11H,4-5,7-8H2,(H,14,15)(H,16,17). The molecule has 1 aromatic carbocycles. The SMILES string of the molecule is O=C(Cc1cccc(C(=O)O)c1)NC1CCSC1. The quantitative estimate of drug-likeness (QED) is 0.867. The Kier molecular flexibility index (Phi) is 4.25. The molecule has 0 spiro atoms. The summed E-state index contributed by atoms with van der Waals surface area (Å²) in [5, 5.41) is 11.8. The van der Waals surface area contributed by atoms with Gasteiger partial charge in [0.05, 0.1) is 12.0 Å². The van der Waals surface area contributed by atoms with Crippen molar-refractivity contribution in [3.63, 3.8) is 0 Å². The van der Waals surface area contributed by atoms with Gasteiger partial charge >= 0.3 is 5.97 Å². The summed E-state index contributed by atoms with van der Waals surface area (Å²) in [6.07, 6.45) is 1.26. The van der Waals surface area contributed by atoms with Crippen LogP contribution in [0.25, 0.3) is 0 Å². The van der Waals surface area contributed by atoms with E-state index in [0.29, 0.717) is 0 Å². The molecule has 18 heavy (non-hydrogen) atoms. The summed E-state index contributed by atoms with van der Waals surface area (Å²) in [7, 11) is 0.